The molecule has 0 spiro atoms. The number of nitrogens with zero attached hydrogens (tertiary/aromatic N) is 2. The zero-order valence-corrected chi connectivity index (χ0v) is 17.9. The molecular formula is C23H17BrFN3O3. The van der Waals surface area contributed by atoms with E-state index in [0.29, 0.717) is 52.1 Å². The summed E-state index contributed by atoms with van der Waals surface area (Å²) in [6.07, 6.45) is 1.56. The molecule has 6 nitrogen and oxygen atoms in total. The van der Waals surface area contributed by atoms with Gasteiger partial charge in [0.05, 0.1) is 23.2 Å². The number of ketones is 1. The topological polar surface area (TPSA) is 88.6 Å². The van der Waals surface area contributed by atoms with Crippen molar-refractivity contribution in [1.82, 2.24) is 0 Å². The van der Waals surface area contributed by atoms with Crippen LogP contribution >= 0.6 is 15.9 Å². The minimum atomic E-state index is -0.642. The third-order valence-electron chi connectivity index (χ3n) is 5.79. The Labute approximate surface area is 186 Å². The van der Waals surface area contributed by atoms with Crippen LogP contribution in [0.25, 0.3) is 0 Å². The number of carbonyl (C=O) groups excluding carboxylic acids is 1. The van der Waals surface area contributed by atoms with Gasteiger partial charge in [-0.05, 0) is 48.7 Å². The highest BCUT2D eigenvalue weighted by atomic mass is 79.9. The second-order valence-electron chi connectivity index (χ2n) is 7.52. The number of halogens is 2. The van der Waals surface area contributed by atoms with E-state index in [0.717, 1.165) is 0 Å². The van der Waals surface area contributed by atoms with Gasteiger partial charge in [0.15, 0.2) is 17.3 Å². The van der Waals surface area contributed by atoms with Gasteiger partial charge in [0.2, 0.25) is 6.79 Å². The molecule has 31 heavy (non-hydrogen) atoms. The van der Waals surface area contributed by atoms with Crippen molar-refractivity contribution in [2.75, 3.05) is 11.7 Å². The molecule has 2 aromatic carbocycles. The lowest BCUT2D eigenvalue weighted by atomic mass is 9.75. The first-order valence-electron chi connectivity index (χ1n) is 9.80. The lowest BCUT2D eigenvalue weighted by Crippen LogP contribution is -2.39. The number of rotatable bonds is 2. The Bertz CT molecular complexity index is 1230. The van der Waals surface area contributed by atoms with E-state index in [1.54, 1.807) is 24.3 Å². The number of anilines is 1. The molecule has 156 valence electrons. The molecular weight excluding hydrogens is 465 g/mol. The molecule has 2 aromatic rings. The van der Waals surface area contributed by atoms with Crippen LogP contribution in [-0.2, 0) is 4.79 Å². The Balaban J connectivity index is 1.73. The van der Waals surface area contributed by atoms with Gasteiger partial charge in [-0.3, -0.25) is 9.69 Å². The van der Waals surface area contributed by atoms with Gasteiger partial charge < -0.3 is 15.2 Å². The minimum absolute atomic E-state index is 0.0633. The molecule has 2 heterocycles. The van der Waals surface area contributed by atoms with Crippen LogP contribution in [0, 0.1) is 17.1 Å². The maximum atomic E-state index is 14.9. The lowest BCUT2D eigenvalue weighted by molar-refractivity contribution is -0.116. The summed E-state index contributed by atoms with van der Waals surface area (Å²) in [5.41, 5.74) is 8.71. The Hall–Kier alpha value is -3.31. The van der Waals surface area contributed by atoms with Crippen molar-refractivity contribution >= 4 is 27.4 Å². The zero-order valence-electron chi connectivity index (χ0n) is 16.3. The summed E-state index contributed by atoms with van der Waals surface area (Å²) in [6, 6.07) is 12.2. The third kappa shape index (κ3) is 3.08. The highest BCUT2D eigenvalue weighted by Crippen LogP contribution is 2.48. The number of ether oxygens (including phenoxy) is 2. The van der Waals surface area contributed by atoms with E-state index >= 15 is 0 Å². The molecule has 0 saturated heterocycles. The van der Waals surface area contributed by atoms with Crippen LogP contribution in [0.4, 0.5) is 10.1 Å². The maximum Gasteiger partial charge on any atom is 0.231 e. The molecule has 0 fully saturated rings. The SMILES string of the molecule is N#CC1=C(N)N(c2ccc(Br)cc2F)C2=C(C(=O)CCC2)[C@@H]1c1ccc2c(c1)OCO2. The number of allylic oxidation sites excluding steroid dienone is 3. The number of Topliss-reactive ketones (excluding diaryl/α,β-unsaturated/α-hetero) is 1. The van der Waals surface area contributed by atoms with Crippen LogP contribution in [0.3, 0.4) is 0 Å². The number of hydrogen-bond donors (Lipinski definition) is 1. The van der Waals surface area contributed by atoms with Gasteiger partial charge in [-0.2, -0.15) is 5.26 Å². The van der Waals surface area contributed by atoms with Gasteiger partial charge in [0.25, 0.3) is 0 Å². The Morgan fingerprint density at radius 3 is 2.74 bits per heavy atom. The number of nitriles is 1. The number of benzene rings is 2. The Morgan fingerprint density at radius 1 is 1.16 bits per heavy atom. The van der Waals surface area contributed by atoms with Gasteiger partial charge in [0, 0.05) is 22.2 Å². The molecule has 1 atom stereocenters. The third-order valence-corrected chi connectivity index (χ3v) is 6.29. The lowest BCUT2D eigenvalue weighted by Gasteiger charge is -2.39. The van der Waals surface area contributed by atoms with Crippen LogP contribution in [0.2, 0.25) is 0 Å². The molecule has 0 radical (unpaired) electrons. The van der Waals surface area contributed by atoms with Crippen molar-refractivity contribution in [3.8, 4) is 17.6 Å². The molecule has 2 aliphatic heterocycles. The fraction of sp³-hybridized carbons (Fsp3) is 0.217. The van der Waals surface area contributed by atoms with E-state index in [4.69, 9.17) is 15.2 Å². The highest BCUT2D eigenvalue weighted by Gasteiger charge is 2.41. The fourth-order valence-electron chi connectivity index (χ4n) is 4.45. The molecule has 0 saturated carbocycles. The van der Waals surface area contributed by atoms with Crippen LogP contribution in [0.1, 0.15) is 30.7 Å². The summed E-state index contributed by atoms with van der Waals surface area (Å²) in [5.74, 6) is 0.0857. The van der Waals surface area contributed by atoms with Gasteiger partial charge in [-0.25, -0.2) is 4.39 Å². The first kappa shape index (κ1) is 19.6. The van der Waals surface area contributed by atoms with E-state index in [1.165, 1.54) is 11.0 Å². The normalized spacial score (nSPS) is 20.1. The number of carbonyl (C=O) groups is 1. The molecule has 8 heteroatoms. The van der Waals surface area contributed by atoms with Crippen molar-refractivity contribution in [3.63, 3.8) is 0 Å². The molecule has 0 aromatic heterocycles. The van der Waals surface area contributed by atoms with Crippen LogP contribution in [0.15, 0.2) is 63.5 Å². The van der Waals surface area contributed by atoms with Crippen molar-refractivity contribution in [3.05, 3.63) is 74.9 Å². The van der Waals surface area contributed by atoms with Crippen LogP contribution in [0.5, 0.6) is 11.5 Å². The zero-order chi connectivity index (χ0) is 21.7. The van der Waals surface area contributed by atoms with E-state index in [-0.39, 0.29) is 29.7 Å². The summed E-state index contributed by atoms with van der Waals surface area (Å²) in [7, 11) is 0. The quantitative estimate of drug-likeness (QED) is 0.672. The fourth-order valence-corrected chi connectivity index (χ4v) is 4.78. The second-order valence-corrected chi connectivity index (χ2v) is 8.44. The van der Waals surface area contributed by atoms with Crippen molar-refractivity contribution in [2.24, 2.45) is 5.73 Å². The summed E-state index contributed by atoms with van der Waals surface area (Å²) in [4.78, 5) is 14.6. The largest absolute Gasteiger partial charge is 0.454 e. The molecule has 3 aliphatic rings. The second kappa shape index (κ2) is 7.43. The van der Waals surface area contributed by atoms with Gasteiger partial charge in [-0.1, -0.05) is 22.0 Å². The summed E-state index contributed by atoms with van der Waals surface area (Å²) in [5, 5.41) is 10.0. The summed E-state index contributed by atoms with van der Waals surface area (Å²) in [6.45, 7) is 0.121. The standard InChI is InChI=1S/C23H17BrFN3O3/c24-13-5-6-16(15(25)9-13)28-17-2-1-3-18(29)22(17)21(14(10-26)23(28)27)12-4-7-19-20(8-12)31-11-30-19/h4-9,21H,1-3,11,27H2/t21-/m1/s1. The monoisotopic (exact) mass is 481 g/mol. The maximum absolute atomic E-state index is 14.9. The molecule has 0 bridgehead atoms. The van der Waals surface area contributed by atoms with Crippen molar-refractivity contribution in [1.29, 1.82) is 5.26 Å². The highest BCUT2D eigenvalue weighted by molar-refractivity contribution is 9.10. The number of nitrogens with two attached hydrogens (primary N) is 1. The van der Waals surface area contributed by atoms with Gasteiger partial charge in [-0.15, -0.1) is 0 Å². The van der Waals surface area contributed by atoms with Crippen molar-refractivity contribution < 1.29 is 18.7 Å². The van der Waals surface area contributed by atoms with Crippen LogP contribution in [-0.4, -0.2) is 12.6 Å². The Kier molecular flexibility index (Phi) is 4.71. The van der Waals surface area contributed by atoms with E-state index < -0.39 is 11.7 Å². The predicted molar refractivity (Wildman–Crippen MR) is 115 cm³/mol. The number of fused-ring (bicyclic) bond motifs is 1. The summed E-state index contributed by atoms with van der Waals surface area (Å²) >= 11 is 3.26. The van der Waals surface area contributed by atoms with Gasteiger partial charge >= 0.3 is 0 Å². The first-order valence-corrected chi connectivity index (χ1v) is 10.6. The smallest absolute Gasteiger partial charge is 0.231 e. The molecule has 1 aliphatic carbocycles. The minimum Gasteiger partial charge on any atom is -0.454 e. The summed E-state index contributed by atoms with van der Waals surface area (Å²) < 4.78 is 26.4. The first-order chi connectivity index (χ1) is 15.0. The molecule has 0 unspecified atom stereocenters. The van der Waals surface area contributed by atoms with E-state index in [2.05, 4.69) is 22.0 Å². The van der Waals surface area contributed by atoms with Gasteiger partial charge in [0.1, 0.15) is 11.6 Å². The molecule has 5 rings (SSSR count). The average Bonchev–Trinajstić information content (AvgIpc) is 3.22. The van der Waals surface area contributed by atoms with Crippen LogP contribution < -0.4 is 20.1 Å². The average molecular weight is 482 g/mol. The Morgan fingerprint density at radius 2 is 1.97 bits per heavy atom. The van der Waals surface area contributed by atoms with Crippen molar-refractivity contribution in [2.45, 2.75) is 25.2 Å². The molecule has 2 N–H and O–H groups in total. The van der Waals surface area contributed by atoms with E-state index in [9.17, 15) is 14.4 Å². The molecule has 0 amide bonds. The van der Waals surface area contributed by atoms with E-state index in [1.807, 2.05) is 6.07 Å². The predicted octanol–water partition coefficient (Wildman–Crippen LogP) is 4.62. The number of hydrogen-bond acceptors (Lipinski definition) is 6.